The number of sulfonamides is 1. The average molecular weight is 367 g/mol. The summed E-state index contributed by atoms with van der Waals surface area (Å²) in [4.78, 5) is 0.193. The van der Waals surface area contributed by atoms with Crippen molar-refractivity contribution in [2.45, 2.75) is 50.1 Å². The van der Waals surface area contributed by atoms with Gasteiger partial charge in [-0.3, -0.25) is 0 Å². The van der Waals surface area contributed by atoms with Gasteiger partial charge in [0.1, 0.15) is 4.90 Å². The summed E-state index contributed by atoms with van der Waals surface area (Å²) in [5.74, 6) is 0. The second-order valence-electron chi connectivity index (χ2n) is 5.04. The number of rotatable bonds is 2. The Morgan fingerprint density at radius 2 is 1.84 bits per heavy atom. The molecule has 1 heterocycles. The molecule has 0 amide bonds. The molecule has 6 heteroatoms. The minimum atomic E-state index is -3.53. The largest absolute Gasteiger partial charge is 0.245 e. The van der Waals surface area contributed by atoms with Gasteiger partial charge in [-0.15, -0.1) is 0 Å². The van der Waals surface area contributed by atoms with Crippen LogP contribution < -0.4 is 0 Å². The Balaban J connectivity index is 2.46. The molecule has 106 valence electrons. The summed E-state index contributed by atoms with van der Waals surface area (Å²) in [5, 5.41) is 0.263. The lowest BCUT2D eigenvalue weighted by atomic mass is 10.0. The average Bonchev–Trinajstić information content (AvgIpc) is 2.27. The maximum absolute atomic E-state index is 12.8. The van der Waals surface area contributed by atoms with E-state index in [1.54, 1.807) is 22.5 Å². The fourth-order valence-electron chi connectivity index (χ4n) is 2.67. The molecule has 0 radical (unpaired) electrons. The lowest BCUT2D eigenvalue weighted by molar-refractivity contribution is 0.204. The molecule has 1 saturated heterocycles. The highest BCUT2D eigenvalue weighted by atomic mass is 79.9. The molecule has 0 bridgehead atoms. The van der Waals surface area contributed by atoms with Gasteiger partial charge in [-0.25, -0.2) is 8.42 Å². The van der Waals surface area contributed by atoms with Crippen LogP contribution in [-0.2, 0) is 10.0 Å². The monoisotopic (exact) mass is 365 g/mol. The van der Waals surface area contributed by atoms with Crippen molar-refractivity contribution in [3.8, 4) is 0 Å². The van der Waals surface area contributed by atoms with Crippen molar-refractivity contribution < 1.29 is 8.42 Å². The van der Waals surface area contributed by atoms with Crippen LogP contribution in [0.1, 0.15) is 33.1 Å². The summed E-state index contributed by atoms with van der Waals surface area (Å²) in [7, 11) is -3.53. The predicted molar refractivity (Wildman–Crippen MR) is 81.0 cm³/mol. The lowest BCUT2D eigenvalue weighted by Gasteiger charge is -2.37. The van der Waals surface area contributed by atoms with Gasteiger partial charge < -0.3 is 0 Å². The highest BCUT2D eigenvalue weighted by Gasteiger charge is 2.36. The summed E-state index contributed by atoms with van der Waals surface area (Å²) in [5.41, 5.74) is 0. The third-order valence-corrected chi connectivity index (χ3v) is 6.67. The first-order valence-corrected chi connectivity index (χ1v) is 8.93. The van der Waals surface area contributed by atoms with E-state index in [9.17, 15) is 8.42 Å². The molecule has 1 aromatic carbocycles. The Bertz CT molecular complexity index is 566. The van der Waals surface area contributed by atoms with Crippen LogP contribution in [-0.4, -0.2) is 24.8 Å². The van der Waals surface area contributed by atoms with E-state index in [1.165, 1.54) is 0 Å². The van der Waals surface area contributed by atoms with Gasteiger partial charge in [-0.05, 0) is 44.9 Å². The zero-order valence-electron chi connectivity index (χ0n) is 10.9. The van der Waals surface area contributed by atoms with Crippen molar-refractivity contribution >= 4 is 37.6 Å². The summed E-state index contributed by atoms with van der Waals surface area (Å²) in [6, 6.07) is 4.93. The highest BCUT2D eigenvalue weighted by molar-refractivity contribution is 9.10. The van der Waals surface area contributed by atoms with E-state index in [0.717, 1.165) is 23.7 Å². The summed E-state index contributed by atoms with van der Waals surface area (Å²) < 4.78 is 27.9. The van der Waals surface area contributed by atoms with Crippen molar-refractivity contribution in [3.63, 3.8) is 0 Å². The fourth-order valence-corrected chi connectivity index (χ4v) is 5.57. The van der Waals surface area contributed by atoms with Crippen molar-refractivity contribution in [2.75, 3.05) is 0 Å². The van der Waals surface area contributed by atoms with E-state index < -0.39 is 10.0 Å². The molecule has 1 aromatic rings. The van der Waals surface area contributed by atoms with E-state index in [0.29, 0.717) is 0 Å². The number of hydrogen-bond acceptors (Lipinski definition) is 2. The van der Waals surface area contributed by atoms with Crippen LogP contribution in [0.4, 0.5) is 0 Å². The Labute approximate surface area is 128 Å². The minimum Gasteiger partial charge on any atom is -0.207 e. The van der Waals surface area contributed by atoms with Gasteiger partial charge >= 0.3 is 0 Å². The number of piperidine rings is 1. The molecule has 2 atom stereocenters. The lowest BCUT2D eigenvalue weighted by Crippen LogP contribution is -2.47. The first kappa shape index (κ1) is 15.3. The quantitative estimate of drug-likeness (QED) is 0.791. The smallest absolute Gasteiger partial charge is 0.207 e. The zero-order valence-corrected chi connectivity index (χ0v) is 14.1. The van der Waals surface area contributed by atoms with Crippen LogP contribution in [0.5, 0.6) is 0 Å². The molecule has 0 aromatic heterocycles. The van der Waals surface area contributed by atoms with Gasteiger partial charge in [-0.2, -0.15) is 4.31 Å². The molecule has 2 rings (SSSR count). The van der Waals surface area contributed by atoms with Crippen molar-refractivity contribution in [3.05, 3.63) is 27.7 Å². The van der Waals surface area contributed by atoms with Gasteiger partial charge in [-0.1, -0.05) is 34.0 Å². The molecule has 0 N–H and O–H groups in total. The van der Waals surface area contributed by atoms with Crippen molar-refractivity contribution in [1.29, 1.82) is 0 Å². The van der Waals surface area contributed by atoms with Gasteiger partial charge in [0.2, 0.25) is 10.0 Å². The van der Waals surface area contributed by atoms with Crippen molar-refractivity contribution in [1.82, 2.24) is 4.31 Å². The fraction of sp³-hybridized carbons (Fsp3) is 0.538. The third kappa shape index (κ3) is 2.99. The van der Waals surface area contributed by atoms with Crippen LogP contribution in [0.15, 0.2) is 27.6 Å². The maximum atomic E-state index is 12.8. The van der Waals surface area contributed by atoms with Crippen LogP contribution in [0.2, 0.25) is 5.02 Å². The molecule has 0 aliphatic carbocycles. The summed E-state index contributed by atoms with van der Waals surface area (Å²) in [6.07, 6.45) is 2.87. The van der Waals surface area contributed by atoms with E-state index in [2.05, 4.69) is 15.9 Å². The Morgan fingerprint density at radius 3 is 2.37 bits per heavy atom. The normalized spacial score (nSPS) is 25.5. The van der Waals surface area contributed by atoms with Crippen LogP contribution in [0, 0.1) is 0 Å². The first-order chi connectivity index (χ1) is 8.84. The number of halogens is 2. The Morgan fingerprint density at radius 1 is 1.26 bits per heavy atom. The van der Waals surface area contributed by atoms with Crippen molar-refractivity contribution in [2.24, 2.45) is 0 Å². The SMILES string of the molecule is C[C@@H]1CCC[C@H](C)N1S(=O)(=O)c1ccc(Br)cc1Cl. The number of benzene rings is 1. The maximum Gasteiger partial charge on any atom is 0.245 e. The van der Waals surface area contributed by atoms with E-state index in [-0.39, 0.29) is 22.0 Å². The van der Waals surface area contributed by atoms with E-state index in [1.807, 2.05) is 13.8 Å². The predicted octanol–water partition coefficient (Wildman–Crippen LogP) is 4.05. The van der Waals surface area contributed by atoms with Crippen LogP contribution in [0.3, 0.4) is 0 Å². The Kier molecular flexibility index (Phi) is 4.60. The Hall–Kier alpha value is -0.100. The second-order valence-corrected chi connectivity index (χ2v) is 8.17. The minimum absolute atomic E-state index is 0.0217. The van der Waals surface area contributed by atoms with Crippen LogP contribution >= 0.6 is 27.5 Å². The highest BCUT2D eigenvalue weighted by Crippen LogP contribution is 2.33. The molecule has 1 aliphatic rings. The first-order valence-electron chi connectivity index (χ1n) is 6.32. The standard InChI is InChI=1S/C13H17BrClNO2S/c1-9-4-3-5-10(2)16(9)19(17,18)13-7-6-11(14)8-12(13)15/h6-10H,3-5H2,1-2H3/t9-,10+. The zero-order chi connectivity index (χ0) is 14.2. The molecule has 1 fully saturated rings. The molecular weight excluding hydrogens is 350 g/mol. The molecule has 0 spiro atoms. The topological polar surface area (TPSA) is 37.4 Å². The summed E-state index contributed by atoms with van der Waals surface area (Å²) >= 11 is 9.38. The number of hydrogen-bond donors (Lipinski definition) is 0. The number of nitrogens with zero attached hydrogens (tertiary/aromatic N) is 1. The molecular formula is C13H17BrClNO2S. The third-order valence-electron chi connectivity index (χ3n) is 3.56. The summed E-state index contributed by atoms with van der Waals surface area (Å²) in [6.45, 7) is 3.92. The molecule has 1 aliphatic heterocycles. The van der Waals surface area contributed by atoms with Crippen LogP contribution in [0.25, 0.3) is 0 Å². The molecule has 0 saturated carbocycles. The van der Waals surface area contributed by atoms with E-state index in [4.69, 9.17) is 11.6 Å². The molecule has 3 nitrogen and oxygen atoms in total. The van der Waals surface area contributed by atoms with Gasteiger partial charge in [0.15, 0.2) is 0 Å². The second kappa shape index (κ2) is 5.72. The van der Waals surface area contributed by atoms with Gasteiger partial charge in [0, 0.05) is 16.6 Å². The van der Waals surface area contributed by atoms with Gasteiger partial charge in [0.25, 0.3) is 0 Å². The molecule has 0 unspecified atom stereocenters. The van der Waals surface area contributed by atoms with Gasteiger partial charge in [0.05, 0.1) is 5.02 Å². The molecule has 19 heavy (non-hydrogen) atoms. The van der Waals surface area contributed by atoms with E-state index >= 15 is 0 Å².